The second kappa shape index (κ2) is 7.12. The maximum absolute atomic E-state index is 11.9. The number of hydrogen-bond donors (Lipinski definition) is 2. The predicted octanol–water partition coefficient (Wildman–Crippen LogP) is 0.790. The summed E-state index contributed by atoms with van der Waals surface area (Å²) in [4.78, 5) is 25.3. The van der Waals surface area contributed by atoms with Crippen LogP contribution >= 0.6 is 0 Å². The molecule has 1 aromatic carbocycles. The zero-order valence-electron chi connectivity index (χ0n) is 13.3. The number of ether oxygens (including phenoxy) is 2. The molecular formula is C17H20N2O5. The van der Waals surface area contributed by atoms with Gasteiger partial charge in [0.2, 0.25) is 0 Å². The monoisotopic (exact) mass is 332 g/mol. The zero-order valence-corrected chi connectivity index (χ0v) is 13.3. The van der Waals surface area contributed by atoms with Crippen molar-refractivity contribution < 1.29 is 14.6 Å². The van der Waals surface area contributed by atoms with Gasteiger partial charge in [0.15, 0.2) is 0 Å². The fourth-order valence-corrected chi connectivity index (χ4v) is 2.80. The van der Waals surface area contributed by atoms with E-state index in [9.17, 15) is 14.7 Å². The minimum atomic E-state index is -0.788. The Kier molecular flexibility index (Phi) is 4.94. The number of hydrogen-bond acceptors (Lipinski definition) is 5. The molecule has 0 bridgehead atoms. The maximum Gasteiger partial charge on any atom is 0.330 e. The van der Waals surface area contributed by atoms with Crippen molar-refractivity contribution in [3.63, 3.8) is 0 Å². The highest BCUT2D eigenvalue weighted by atomic mass is 16.5. The smallest absolute Gasteiger partial charge is 0.330 e. The van der Waals surface area contributed by atoms with Crippen molar-refractivity contribution in [2.45, 2.75) is 44.5 Å². The Balaban J connectivity index is 1.74. The zero-order chi connectivity index (χ0) is 17.1. The first-order valence-electron chi connectivity index (χ1n) is 7.85. The van der Waals surface area contributed by atoms with Crippen LogP contribution in [0.4, 0.5) is 0 Å². The van der Waals surface area contributed by atoms with Gasteiger partial charge >= 0.3 is 5.69 Å². The molecule has 2 heterocycles. The van der Waals surface area contributed by atoms with E-state index in [1.165, 1.54) is 16.8 Å². The quantitative estimate of drug-likeness (QED) is 0.863. The van der Waals surface area contributed by atoms with Crippen LogP contribution in [0.15, 0.2) is 52.2 Å². The van der Waals surface area contributed by atoms with Crippen LogP contribution in [0, 0.1) is 0 Å². The van der Waals surface area contributed by atoms with Crippen LogP contribution < -0.4 is 11.2 Å². The lowest BCUT2D eigenvalue weighted by Crippen LogP contribution is -2.48. The van der Waals surface area contributed by atoms with E-state index in [4.69, 9.17) is 9.47 Å². The number of rotatable bonds is 4. The van der Waals surface area contributed by atoms with Crippen LogP contribution in [0.1, 0.15) is 25.1 Å². The summed E-state index contributed by atoms with van der Waals surface area (Å²) in [5.41, 5.74) is -0.00322. The van der Waals surface area contributed by atoms with Crippen molar-refractivity contribution in [2.75, 3.05) is 0 Å². The van der Waals surface area contributed by atoms with Gasteiger partial charge in [-0.05, 0) is 12.5 Å². The van der Waals surface area contributed by atoms with E-state index in [2.05, 4.69) is 4.98 Å². The number of aromatic amines is 1. The first-order valence-corrected chi connectivity index (χ1v) is 7.85. The molecule has 0 aliphatic carbocycles. The summed E-state index contributed by atoms with van der Waals surface area (Å²) in [6.45, 7) is 2.09. The van der Waals surface area contributed by atoms with E-state index in [0.29, 0.717) is 13.0 Å². The number of aliphatic hydroxyl groups excluding tert-OH is 1. The van der Waals surface area contributed by atoms with E-state index in [1.54, 1.807) is 6.92 Å². The fourth-order valence-electron chi connectivity index (χ4n) is 2.80. The van der Waals surface area contributed by atoms with Gasteiger partial charge in [-0.15, -0.1) is 0 Å². The molecule has 24 heavy (non-hydrogen) atoms. The molecule has 2 N–H and O–H groups in total. The predicted molar refractivity (Wildman–Crippen MR) is 86.5 cm³/mol. The molecule has 0 saturated carbocycles. The van der Waals surface area contributed by atoms with E-state index in [1.807, 2.05) is 30.3 Å². The molecule has 2 aromatic rings. The highest BCUT2D eigenvalue weighted by molar-refractivity contribution is 5.13. The molecule has 3 rings (SSSR count). The van der Waals surface area contributed by atoms with Crippen LogP contribution in [0.25, 0.3) is 0 Å². The van der Waals surface area contributed by atoms with E-state index < -0.39 is 35.8 Å². The highest BCUT2D eigenvalue weighted by Gasteiger charge is 2.37. The van der Waals surface area contributed by atoms with Gasteiger partial charge in [-0.3, -0.25) is 14.3 Å². The van der Waals surface area contributed by atoms with Crippen molar-refractivity contribution in [2.24, 2.45) is 0 Å². The Bertz CT molecular complexity index is 785. The highest BCUT2D eigenvalue weighted by Crippen LogP contribution is 2.28. The molecule has 1 aliphatic rings. The Morgan fingerprint density at radius 2 is 2.04 bits per heavy atom. The van der Waals surface area contributed by atoms with Gasteiger partial charge in [0.05, 0.1) is 18.8 Å². The third kappa shape index (κ3) is 3.64. The third-order valence-corrected chi connectivity index (χ3v) is 4.14. The lowest BCUT2D eigenvalue weighted by Gasteiger charge is -2.38. The Hall–Kier alpha value is -2.22. The Labute approximate surface area is 138 Å². The van der Waals surface area contributed by atoms with Crippen molar-refractivity contribution in [3.8, 4) is 0 Å². The maximum atomic E-state index is 11.9. The van der Waals surface area contributed by atoms with Crippen LogP contribution in [-0.4, -0.2) is 33.0 Å². The largest absolute Gasteiger partial charge is 0.388 e. The molecule has 0 unspecified atom stereocenters. The molecule has 1 aromatic heterocycles. The van der Waals surface area contributed by atoms with Crippen LogP contribution in [0.2, 0.25) is 0 Å². The second-order valence-corrected chi connectivity index (χ2v) is 5.87. The number of nitrogens with zero attached hydrogens (tertiary/aromatic N) is 1. The summed E-state index contributed by atoms with van der Waals surface area (Å²) in [6, 6.07) is 10.9. The number of benzene rings is 1. The molecule has 0 amide bonds. The normalized spacial score (nSPS) is 27.1. The minimum Gasteiger partial charge on any atom is -0.388 e. The molecule has 7 heteroatoms. The Morgan fingerprint density at radius 1 is 1.29 bits per heavy atom. The van der Waals surface area contributed by atoms with Gasteiger partial charge in [0, 0.05) is 18.7 Å². The fraction of sp³-hybridized carbons (Fsp3) is 0.412. The lowest BCUT2D eigenvalue weighted by atomic mass is 10.0. The molecular weight excluding hydrogens is 312 g/mol. The molecule has 128 valence electrons. The summed E-state index contributed by atoms with van der Waals surface area (Å²) in [5, 5.41) is 10.3. The SMILES string of the molecule is C[C@H]1O[C@@H](n2ccc(=O)[nH]c2=O)C[C@@H](OCc2ccccc2)[C@@H]1O. The van der Waals surface area contributed by atoms with Crippen molar-refractivity contribution in [3.05, 3.63) is 69.0 Å². The van der Waals surface area contributed by atoms with Gasteiger partial charge < -0.3 is 14.6 Å². The van der Waals surface area contributed by atoms with Crippen LogP contribution in [0.3, 0.4) is 0 Å². The van der Waals surface area contributed by atoms with E-state index in [-0.39, 0.29) is 0 Å². The average molecular weight is 332 g/mol. The van der Waals surface area contributed by atoms with Gasteiger partial charge in [-0.25, -0.2) is 4.79 Å². The summed E-state index contributed by atoms with van der Waals surface area (Å²) in [6.07, 6.45) is -0.660. The van der Waals surface area contributed by atoms with Gasteiger partial charge in [0.1, 0.15) is 12.3 Å². The second-order valence-electron chi connectivity index (χ2n) is 5.87. The number of nitrogens with one attached hydrogen (secondary N) is 1. The van der Waals surface area contributed by atoms with E-state index >= 15 is 0 Å². The number of aliphatic hydroxyl groups is 1. The summed E-state index contributed by atoms with van der Waals surface area (Å²) in [7, 11) is 0. The van der Waals surface area contributed by atoms with Gasteiger partial charge in [-0.1, -0.05) is 30.3 Å². The summed E-state index contributed by atoms with van der Waals surface area (Å²) >= 11 is 0. The molecule has 4 atom stereocenters. The average Bonchev–Trinajstić information content (AvgIpc) is 2.57. The van der Waals surface area contributed by atoms with Crippen molar-refractivity contribution >= 4 is 0 Å². The first kappa shape index (κ1) is 16.6. The lowest BCUT2D eigenvalue weighted by molar-refractivity contribution is -0.202. The van der Waals surface area contributed by atoms with Gasteiger partial charge in [-0.2, -0.15) is 0 Å². The minimum absolute atomic E-state index is 0.310. The van der Waals surface area contributed by atoms with Gasteiger partial charge in [0.25, 0.3) is 5.56 Å². The summed E-state index contributed by atoms with van der Waals surface area (Å²) in [5.74, 6) is 0. The molecule has 0 spiro atoms. The topological polar surface area (TPSA) is 93.6 Å². The molecule has 1 saturated heterocycles. The molecule has 0 radical (unpaired) electrons. The van der Waals surface area contributed by atoms with Crippen molar-refractivity contribution in [1.82, 2.24) is 9.55 Å². The standard InChI is InChI=1S/C17H20N2O5/c1-11-16(21)13(23-10-12-5-3-2-4-6-12)9-15(24-11)19-8-7-14(20)18-17(19)22/h2-8,11,13,15-16,21H,9-10H2,1H3,(H,18,20,22)/t11-,13-,15-,16-/m1/s1. The Morgan fingerprint density at radius 3 is 2.75 bits per heavy atom. The van der Waals surface area contributed by atoms with Crippen LogP contribution in [0.5, 0.6) is 0 Å². The third-order valence-electron chi connectivity index (χ3n) is 4.14. The van der Waals surface area contributed by atoms with Crippen LogP contribution in [-0.2, 0) is 16.1 Å². The summed E-state index contributed by atoms with van der Waals surface area (Å²) < 4.78 is 12.9. The number of H-pyrrole nitrogens is 1. The molecule has 1 aliphatic heterocycles. The first-order chi connectivity index (χ1) is 11.5. The molecule has 7 nitrogen and oxygen atoms in total. The van der Waals surface area contributed by atoms with Crippen molar-refractivity contribution in [1.29, 1.82) is 0 Å². The van der Waals surface area contributed by atoms with E-state index in [0.717, 1.165) is 5.56 Å². The number of aromatic nitrogens is 2. The molecule has 1 fully saturated rings.